The molecule has 1 aromatic heterocycles. The molecule has 2 atom stereocenters. The Morgan fingerprint density at radius 1 is 1.32 bits per heavy atom. The summed E-state index contributed by atoms with van der Waals surface area (Å²) in [5.74, 6) is 2.49. The molecule has 2 heterocycles. The summed E-state index contributed by atoms with van der Waals surface area (Å²) in [7, 11) is 0. The van der Waals surface area contributed by atoms with Gasteiger partial charge in [-0.05, 0) is 26.2 Å². The summed E-state index contributed by atoms with van der Waals surface area (Å²) in [6.07, 6.45) is 1.05. The van der Waals surface area contributed by atoms with E-state index >= 15 is 0 Å². The number of nitrogens with zero attached hydrogens (tertiary/aromatic N) is 4. The van der Waals surface area contributed by atoms with Gasteiger partial charge >= 0.3 is 0 Å². The third-order valence-corrected chi connectivity index (χ3v) is 4.41. The first-order valence-electron chi connectivity index (χ1n) is 8.10. The second-order valence-electron chi connectivity index (χ2n) is 6.21. The Bertz CT molecular complexity index is 555. The van der Waals surface area contributed by atoms with Crippen molar-refractivity contribution in [1.82, 2.24) is 14.9 Å². The highest BCUT2D eigenvalue weighted by Gasteiger charge is 2.42. The van der Waals surface area contributed by atoms with Crippen LogP contribution in [0.4, 0.5) is 5.95 Å². The molecular weight excluding hydrogens is 280 g/mol. The van der Waals surface area contributed by atoms with Crippen LogP contribution in [0, 0.1) is 18.8 Å². The Balaban J connectivity index is 1.62. The van der Waals surface area contributed by atoms with E-state index < -0.39 is 0 Å². The number of piperazine rings is 1. The zero-order chi connectivity index (χ0) is 15.7. The molecule has 6 nitrogen and oxygen atoms in total. The Morgan fingerprint density at radius 2 is 2.00 bits per heavy atom. The molecule has 0 radical (unpaired) electrons. The molecule has 1 saturated carbocycles. The first kappa shape index (κ1) is 15.1. The first-order valence-corrected chi connectivity index (χ1v) is 8.10. The number of aryl methyl sites for hydroxylation is 1. The summed E-state index contributed by atoms with van der Waals surface area (Å²) in [6, 6.07) is 1.85. The van der Waals surface area contributed by atoms with Gasteiger partial charge in [0, 0.05) is 43.9 Å². The first-order chi connectivity index (χ1) is 10.6. The van der Waals surface area contributed by atoms with Crippen molar-refractivity contribution in [1.29, 1.82) is 0 Å². The lowest BCUT2D eigenvalue weighted by Gasteiger charge is -2.35. The predicted octanol–water partition coefficient (Wildman–Crippen LogP) is 1.49. The molecule has 22 heavy (non-hydrogen) atoms. The molecule has 2 aliphatic rings. The summed E-state index contributed by atoms with van der Waals surface area (Å²) in [5, 5.41) is 0. The van der Waals surface area contributed by atoms with Crippen molar-refractivity contribution in [3.8, 4) is 5.88 Å². The fraction of sp³-hybridized carbons (Fsp3) is 0.688. The van der Waals surface area contributed by atoms with Crippen molar-refractivity contribution in [3.05, 3.63) is 11.8 Å². The zero-order valence-corrected chi connectivity index (χ0v) is 13.6. The van der Waals surface area contributed by atoms with Crippen molar-refractivity contribution in [2.24, 2.45) is 11.8 Å². The van der Waals surface area contributed by atoms with E-state index in [2.05, 4.69) is 21.8 Å². The molecule has 120 valence electrons. The number of hydrogen-bond donors (Lipinski definition) is 0. The second-order valence-corrected chi connectivity index (χ2v) is 6.21. The lowest BCUT2D eigenvalue weighted by atomic mass is 10.2. The minimum absolute atomic E-state index is 0.270. The monoisotopic (exact) mass is 304 g/mol. The van der Waals surface area contributed by atoms with E-state index in [1.807, 2.05) is 24.8 Å². The molecule has 1 amide bonds. The second kappa shape index (κ2) is 6.10. The van der Waals surface area contributed by atoms with Gasteiger partial charge in [-0.25, -0.2) is 4.98 Å². The van der Waals surface area contributed by atoms with Crippen LogP contribution in [0.25, 0.3) is 0 Å². The summed E-state index contributed by atoms with van der Waals surface area (Å²) in [6.45, 7) is 9.70. The Labute approximate surface area is 131 Å². The van der Waals surface area contributed by atoms with Gasteiger partial charge in [-0.15, -0.1) is 0 Å². The third-order valence-electron chi connectivity index (χ3n) is 4.41. The van der Waals surface area contributed by atoms with Crippen LogP contribution < -0.4 is 9.64 Å². The number of amides is 1. The predicted molar refractivity (Wildman–Crippen MR) is 84.0 cm³/mol. The molecule has 0 spiro atoms. The molecule has 0 aromatic carbocycles. The van der Waals surface area contributed by atoms with Crippen LogP contribution >= 0.6 is 0 Å². The molecule has 1 saturated heterocycles. The van der Waals surface area contributed by atoms with E-state index in [1.54, 1.807) is 0 Å². The molecule has 1 aromatic rings. The Morgan fingerprint density at radius 3 is 2.59 bits per heavy atom. The highest BCUT2D eigenvalue weighted by atomic mass is 16.5. The molecule has 1 aliphatic carbocycles. The van der Waals surface area contributed by atoms with Crippen molar-refractivity contribution in [2.75, 3.05) is 37.7 Å². The van der Waals surface area contributed by atoms with Gasteiger partial charge in [0.1, 0.15) is 0 Å². The summed E-state index contributed by atoms with van der Waals surface area (Å²) >= 11 is 0. The van der Waals surface area contributed by atoms with Crippen molar-refractivity contribution in [3.63, 3.8) is 0 Å². The number of carbonyl (C=O) groups is 1. The van der Waals surface area contributed by atoms with E-state index in [0.717, 1.165) is 38.3 Å². The molecular formula is C16H24N4O2. The Kier molecular flexibility index (Phi) is 4.18. The molecule has 0 N–H and O–H groups in total. The molecule has 0 unspecified atom stereocenters. The fourth-order valence-corrected chi connectivity index (χ4v) is 2.92. The maximum Gasteiger partial charge on any atom is 0.228 e. The number of ether oxygens (including phenoxy) is 1. The SMILES string of the molecule is CCOc1cc(C)nc(N2CCN(C(=O)[C@@H]3C[C@H]3C)CC2)n1. The average molecular weight is 304 g/mol. The maximum absolute atomic E-state index is 12.3. The van der Waals surface area contributed by atoms with Crippen LogP contribution in [0.2, 0.25) is 0 Å². The average Bonchev–Trinajstić information content (AvgIpc) is 3.23. The van der Waals surface area contributed by atoms with Crippen molar-refractivity contribution in [2.45, 2.75) is 27.2 Å². The van der Waals surface area contributed by atoms with Gasteiger partial charge < -0.3 is 14.5 Å². The third kappa shape index (κ3) is 3.15. The van der Waals surface area contributed by atoms with E-state index in [0.29, 0.717) is 30.3 Å². The van der Waals surface area contributed by atoms with Gasteiger partial charge in [0.2, 0.25) is 17.7 Å². The zero-order valence-electron chi connectivity index (χ0n) is 13.6. The summed E-state index contributed by atoms with van der Waals surface area (Å²) in [5.41, 5.74) is 0.902. The van der Waals surface area contributed by atoms with E-state index in [9.17, 15) is 4.79 Å². The quantitative estimate of drug-likeness (QED) is 0.843. The number of anilines is 1. The number of hydrogen-bond acceptors (Lipinski definition) is 5. The lowest BCUT2D eigenvalue weighted by molar-refractivity contribution is -0.133. The van der Waals surface area contributed by atoms with Crippen LogP contribution in [-0.2, 0) is 4.79 Å². The molecule has 1 aliphatic heterocycles. The van der Waals surface area contributed by atoms with Gasteiger partial charge in [0.25, 0.3) is 0 Å². The van der Waals surface area contributed by atoms with Gasteiger partial charge in [-0.2, -0.15) is 4.98 Å². The van der Waals surface area contributed by atoms with E-state index in [1.165, 1.54) is 0 Å². The highest BCUT2D eigenvalue weighted by Crippen LogP contribution is 2.39. The van der Waals surface area contributed by atoms with Crippen LogP contribution in [0.3, 0.4) is 0 Å². The normalized spacial score (nSPS) is 24.3. The number of aromatic nitrogens is 2. The van der Waals surface area contributed by atoms with E-state index in [-0.39, 0.29) is 5.92 Å². The summed E-state index contributed by atoms with van der Waals surface area (Å²) in [4.78, 5) is 25.4. The standard InChI is InChI=1S/C16H24N4O2/c1-4-22-14-10-12(3)17-16(18-14)20-7-5-19(6-8-20)15(21)13-9-11(13)2/h10-11,13H,4-9H2,1-3H3/t11-,13-/m1/s1. The molecule has 6 heteroatoms. The van der Waals surface area contributed by atoms with Crippen LogP contribution in [0.5, 0.6) is 5.88 Å². The highest BCUT2D eigenvalue weighted by molar-refractivity contribution is 5.81. The number of carbonyl (C=O) groups excluding carboxylic acids is 1. The van der Waals surface area contributed by atoms with Crippen LogP contribution in [0.15, 0.2) is 6.07 Å². The van der Waals surface area contributed by atoms with Gasteiger partial charge in [-0.1, -0.05) is 6.92 Å². The number of rotatable bonds is 4. The molecule has 3 rings (SSSR count). The van der Waals surface area contributed by atoms with Gasteiger partial charge in [-0.3, -0.25) is 4.79 Å². The van der Waals surface area contributed by atoms with Crippen LogP contribution in [0.1, 0.15) is 26.0 Å². The fourth-order valence-electron chi connectivity index (χ4n) is 2.92. The minimum Gasteiger partial charge on any atom is -0.478 e. The minimum atomic E-state index is 0.270. The lowest BCUT2D eigenvalue weighted by Crippen LogP contribution is -2.49. The molecule has 2 fully saturated rings. The van der Waals surface area contributed by atoms with Crippen LogP contribution in [-0.4, -0.2) is 53.6 Å². The van der Waals surface area contributed by atoms with Crippen molar-refractivity contribution < 1.29 is 9.53 Å². The molecule has 0 bridgehead atoms. The Hall–Kier alpha value is -1.85. The van der Waals surface area contributed by atoms with Gasteiger partial charge in [0.05, 0.1) is 6.61 Å². The summed E-state index contributed by atoms with van der Waals surface area (Å²) < 4.78 is 5.49. The topological polar surface area (TPSA) is 58.6 Å². The van der Waals surface area contributed by atoms with Crippen molar-refractivity contribution >= 4 is 11.9 Å². The smallest absolute Gasteiger partial charge is 0.228 e. The van der Waals surface area contributed by atoms with Gasteiger partial charge in [0.15, 0.2) is 0 Å². The maximum atomic E-state index is 12.3. The largest absolute Gasteiger partial charge is 0.478 e. The van der Waals surface area contributed by atoms with E-state index in [4.69, 9.17) is 4.74 Å².